The third-order valence-electron chi connectivity index (χ3n) is 3.03. The molecule has 0 amide bonds. The van der Waals surface area contributed by atoms with Crippen molar-refractivity contribution in [1.29, 1.82) is 0 Å². The molecular weight excluding hydrogens is 190 g/mol. The van der Waals surface area contributed by atoms with Crippen LogP contribution >= 0.6 is 0 Å². The van der Waals surface area contributed by atoms with Gasteiger partial charge in [0.1, 0.15) is 0 Å². The summed E-state index contributed by atoms with van der Waals surface area (Å²) in [5, 5.41) is 3.21. The average Bonchev–Trinajstić information content (AvgIpc) is 2.66. The van der Waals surface area contributed by atoms with Crippen molar-refractivity contribution >= 4 is 5.78 Å². The summed E-state index contributed by atoms with van der Waals surface area (Å²) in [6, 6.07) is 0. The molecule has 0 aliphatic carbocycles. The summed E-state index contributed by atoms with van der Waals surface area (Å²) in [6.07, 6.45) is 4.11. The van der Waals surface area contributed by atoms with E-state index in [1.165, 1.54) is 0 Å². The summed E-state index contributed by atoms with van der Waals surface area (Å²) < 4.78 is 5.50. The fraction of sp³-hybridized carbons (Fsp3) is 0.917. The molecule has 0 saturated carbocycles. The highest BCUT2D eigenvalue weighted by atomic mass is 16.5. The lowest BCUT2D eigenvalue weighted by Crippen LogP contribution is -2.46. The van der Waals surface area contributed by atoms with Gasteiger partial charge in [-0.1, -0.05) is 6.92 Å². The molecular formula is C12H23NO2. The van der Waals surface area contributed by atoms with Crippen LogP contribution in [0.15, 0.2) is 0 Å². The van der Waals surface area contributed by atoms with E-state index in [1.807, 2.05) is 20.8 Å². The number of nitrogens with one attached hydrogen (secondary N) is 1. The van der Waals surface area contributed by atoms with Crippen LogP contribution in [-0.4, -0.2) is 30.6 Å². The number of ketones is 1. The van der Waals surface area contributed by atoms with Crippen molar-refractivity contribution in [1.82, 2.24) is 5.32 Å². The van der Waals surface area contributed by atoms with E-state index in [0.29, 0.717) is 18.3 Å². The molecule has 88 valence electrons. The monoisotopic (exact) mass is 213 g/mol. The van der Waals surface area contributed by atoms with Crippen LogP contribution < -0.4 is 5.32 Å². The van der Waals surface area contributed by atoms with Gasteiger partial charge in [-0.25, -0.2) is 0 Å². The maximum atomic E-state index is 11.9. The first kappa shape index (κ1) is 12.7. The van der Waals surface area contributed by atoms with E-state index in [-0.39, 0.29) is 5.54 Å². The minimum Gasteiger partial charge on any atom is -0.378 e. The molecule has 3 nitrogen and oxygen atoms in total. The molecule has 1 unspecified atom stereocenters. The Bertz CT molecular complexity index is 208. The summed E-state index contributed by atoms with van der Waals surface area (Å²) in [7, 11) is 0. The van der Waals surface area contributed by atoms with Crippen LogP contribution in [0.1, 0.15) is 46.5 Å². The summed E-state index contributed by atoms with van der Waals surface area (Å²) in [4.78, 5) is 11.9. The summed E-state index contributed by atoms with van der Waals surface area (Å²) >= 11 is 0. The zero-order chi connectivity index (χ0) is 11.3. The number of ether oxygens (including phenoxy) is 1. The molecule has 15 heavy (non-hydrogen) atoms. The summed E-state index contributed by atoms with van der Waals surface area (Å²) in [6.45, 7) is 7.63. The lowest BCUT2D eigenvalue weighted by atomic mass is 9.94. The predicted molar refractivity (Wildman–Crippen MR) is 61.0 cm³/mol. The van der Waals surface area contributed by atoms with Gasteiger partial charge in [0.2, 0.25) is 0 Å². The lowest BCUT2D eigenvalue weighted by Gasteiger charge is -2.24. The van der Waals surface area contributed by atoms with Crippen LogP contribution in [0.25, 0.3) is 0 Å². The molecule has 1 saturated heterocycles. The van der Waals surface area contributed by atoms with Crippen LogP contribution in [-0.2, 0) is 9.53 Å². The lowest BCUT2D eigenvalue weighted by molar-refractivity contribution is -0.124. The van der Waals surface area contributed by atoms with E-state index < -0.39 is 0 Å². The number of carbonyl (C=O) groups excluding carboxylic acids is 1. The van der Waals surface area contributed by atoms with Gasteiger partial charge in [-0.3, -0.25) is 4.79 Å². The van der Waals surface area contributed by atoms with Gasteiger partial charge >= 0.3 is 0 Å². The van der Waals surface area contributed by atoms with Crippen LogP contribution in [0.5, 0.6) is 0 Å². The molecule has 1 fully saturated rings. The molecule has 0 aromatic heterocycles. The topological polar surface area (TPSA) is 38.3 Å². The van der Waals surface area contributed by atoms with Gasteiger partial charge in [0, 0.05) is 13.0 Å². The quantitative estimate of drug-likeness (QED) is 0.732. The predicted octanol–water partition coefficient (Wildman–Crippen LogP) is 1.90. The molecule has 1 rings (SSSR count). The number of hydrogen-bond donors (Lipinski definition) is 1. The van der Waals surface area contributed by atoms with Gasteiger partial charge < -0.3 is 10.1 Å². The first-order valence-electron chi connectivity index (χ1n) is 5.96. The molecule has 1 atom stereocenters. The van der Waals surface area contributed by atoms with Crippen molar-refractivity contribution in [3.63, 3.8) is 0 Å². The summed E-state index contributed by atoms with van der Waals surface area (Å²) in [5.74, 6) is 0.292. The first-order chi connectivity index (χ1) is 7.06. The van der Waals surface area contributed by atoms with Gasteiger partial charge in [0.05, 0.1) is 11.6 Å². The van der Waals surface area contributed by atoms with Crippen LogP contribution in [0.2, 0.25) is 0 Å². The highest BCUT2D eigenvalue weighted by Gasteiger charge is 2.27. The molecule has 1 aliphatic heterocycles. The molecule has 0 bridgehead atoms. The third kappa shape index (κ3) is 3.92. The maximum absolute atomic E-state index is 11.9. The highest BCUT2D eigenvalue weighted by molar-refractivity contribution is 5.87. The Kier molecular flexibility index (Phi) is 4.74. The Balaban J connectivity index is 2.27. The maximum Gasteiger partial charge on any atom is 0.152 e. The Hall–Kier alpha value is -0.410. The zero-order valence-corrected chi connectivity index (χ0v) is 10.1. The normalized spacial score (nSPS) is 21.9. The molecule has 0 radical (unpaired) electrons. The minimum atomic E-state index is -0.382. The second-order valence-corrected chi connectivity index (χ2v) is 4.75. The molecule has 3 heteroatoms. The number of likely N-dealkylation sites (N-methyl/N-ethyl adjacent to an activating group) is 1. The largest absolute Gasteiger partial charge is 0.378 e. The van der Waals surface area contributed by atoms with Crippen LogP contribution in [0.4, 0.5) is 0 Å². The van der Waals surface area contributed by atoms with Gasteiger partial charge in [-0.05, 0) is 39.7 Å². The zero-order valence-electron chi connectivity index (χ0n) is 10.1. The van der Waals surface area contributed by atoms with Gasteiger partial charge in [-0.2, -0.15) is 0 Å². The van der Waals surface area contributed by atoms with Crippen molar-refractivity contribution in [2.45, 2.75) is 58.1 Å². The number of hydrogen-bond acceptors (Lipinski definition) is 3. The Labute approximate surface area is 92.6 Å². The van der Waals surface area contributed by atoms with Crippen molar-refractivity contribution in [2.24, 2.45) is 0 Å². The average molecular weight is 213 g/mol. The van der Waals surface area contributed by atoms with Crippen LogP contribution in [0.3, 0.4) is 0 Å². The second-order valence-electron chi connectivity index (χ2n) is 4.75. The molecule has 1 aliphatic rings. The molecule has 0 spiro atoms. The Morgan fingerprint density at radius 1 is 1.53 bits per heavy atom. The van der Waals surface area contributed by atoms with Crippen molar-refractivity contribution < 1.29 is 9.53 Å². The SMILES string of the molecule is CCNC(C)(C)C(=O)CCC1CCCO1. The Morgan fingerprint density at radius 2 is 2.27 bits per heavy atom. The third-order valence-corrected chi connectivity index (χ3v) is 3.03. The van der Waals surface area contributed by atoms with Gasteiger partial charge in [0.25, 0.3) is 0 Å². The van der Waals surface area contributed by atoms with Crippen molar-refractivity contribution in [3.8, 4) is 0 Å². The molecule has 0 aromatic rings. The molecule has 0 aromatic carbocycles. The van der Waals surface area contributed by atoms with E-state index in [1.54, 1.807) is 0 Å². The second kappa shape index (κ2) is 5.61. The van der Waals surface area contributed by atoms with E-state index in [9.17, 15) is 4.79 Å². The van der Waals surface area contributed by atoms with Crippen molar-refractivity contribution in [3.05, 3.63) is 0 Å². The smallest absolute Gasteiger partial charge is 0.152 e. The van der Waals surface area contributed by atoms with E-state index in [0.717, 1.165) is 32.4 Å². The number of carbonyl (C=O) groups is 1. The van der Waals surface area contributed by atoms with E-state index in [2.05, 4.69) is 5.32 Å². The van der Waals surface area contributed by atoms with Crippen molar-refractivity contribution in [2.75, 3.05) is 13.2 Å². The summed E-state index contributed by atoms with van der Waals surface area (Å²) in [5.41, 5.74) is -0.382. The fourth-order valence-electron chi connectivity index (χ4n) is 2.02. The van der Waals surface area contributed by atoms with Gasteiger partial charge in [-0.15, -0.1) is 0 Å². The number of Topliss-reactive ketones (excluding diaryl/α,β-unsaturated/α-hetero) is 1. The first-order valence-corrected chi connectivity index (χ1v) is 5.96. The fourth-order valence-corrected chi connectivity index (χ4v) is 2.02. The van der Waals surface area contributed by atoms with Crippen LogP contribution in [0, 0.1) is 0 Å². The highest BCUT2D eigenvalue weighted by Crippen LogP contribution is 2.18. The molecule has 1 N–H and O–H groups in total. The minimum absolute atomic E-state index is 0.292. The van der Waals surface area contributed by atoms with E-state index >= 15 is 0 Å². The van der Waals surface area contributed by atoms with Gasteiger partial charge in [0.15, 0.2) is 5.78 Å². The number of rotatable bonds is 6. The Morgan fingerprint density at radius 3 is 2.80 bits per heavy atom. The molecule has 1 heterocycles. The standard InChI is InChI=1S/C12H23NO2/c1-4-13-12(2,3)11(14)8-7-10-6-5-9-15-10/h10,13H,4-9H2,1-3H3. The van der Waals surface area contributed by atoms with E-state index in [4.69, 9.17) is 4.74 Å².